The molecule has 1 amide bonds. The summed E-state index contributed by atoms with van der Waals surface area (Å²) in [6.45, 7) is 6.31. The molecule has 7 heteroatoms. The van der Waals surface area contributed by atoms with Crippen LogP contribution in [-0.4, -0.2) is 34.0 Å². The number of aromatic nitrogens is 1. The number of hydrogen-bond acceptors (Lipinski definition) is 4. The average Bonchev–Trinajstić information content (AvgIpc) is 2.76. The van der Waals surface area contributed by atoms with Crippen molar-refractivity contribution >= 4 is 23.3 Å². The summed E-state index contributed by atoms with van der Waals surface area (Å²) in [6.07, 6.45) is 1.78. The first-order valence-corrected chi connectivity index (χ1v) is 11.4. The molecular weight excluding hydrogens is 441 g/mol. The number of nitrogens with one attached hydrogen (secondary N) is 1. The average molecular weight is 468 g/mol. The number of benzene rings is 2. The van der Waals surface area contributed by atoms with Gasteiger partial charge in [-0.15, -0.1) is 0 Å². The van der Waals surface area contributed by atoms with Crippen molar-refractivity contribution in [3.8, 4) is 5.88 Å². The summed E-state index contributed by atoms with van der Waals surface area (Å²) < 4.78 is 19.4. The molecule has 1 N–H and O–H groups in total. The van der Waals surface area contributed by atoms with Gasteiger partial charge in [-0.3, -0.25) is 9.69 Å². The van der Waals surface area contributed by atoms with Crippen molar-refractivity contribution in [3.63, 3.8) is 0 Å². The molecule has 3 aromatic rings. The van der Waals surface area contributed by atoms with Gasteiger partial charge in [-0.2, -0.15) is 4.98 Å². The van der Waals surface area contributed by atoms with Crippen LogP contribution < -0.4 is 10.1 Å². The number of carbonyl (C=O) groups excluding carboxylic acids is 1. The highest BCUT2D eigenvalue weighted by atomic mass is 35.5. The zero-order valence-corrected chi connectivity index (χ0v) is 19.5. The molecule has 172 valence electrons. The maximum absolute atomic E-state index is 13.3. The van der Waals surface area contributed by atoms with E-state index < -0.39 is 11.7 Å². The molecule has 5 nitrogen and oxygen atoms in total. The van der Waals surface area contributed by atoms with Crippen LogP contribution in [0.2, 0.25) is 5.02 Å². The molecule has 1 atom stereocenters. The molecule has 2 aromatic carbocycles. The summed E-state index contributed by atoms with van der Waals surface area (Å²) in [5.74, 6) is -0.156. The van der Waals surface area contributed by atoms with Crippen molar-refractivity contribution in [3.05, 3.63) is 88.7 Å². The molecule has 4 rings (SSSR count). The second-order valence-electron chi connectivity index (χ2n) is 8.89. The molecule has 1 saturated heterocycles. The molecule has 1 unspecified atom stereocenters. The maximum Gasteiger partial charge on any atom is 0.258 e. The number of halogens is 2. The van der Waals surface area contributed by atoms with E-state index in [1.807, 2.05) is 6.07 Å². The Hall–Kier alpha value is -2.96. The highest BCUT2D eigenvalue weighted by Crippen LogP contribution is 2.31. The standard InChI is InChI=1S/C26H27ClFN3O2/c1-26(2)16-20(13-14-31(26)17-18-7-4-3-5-8-18)33-24-10-6-9-23(29-24)30-25(32)21-12-11-19(28)15-22(21)27/h3-12,15,20H,13-14,16-17H2,1-2H3,(H,29,30,32). The molecule has 0 bridgehead atoms. The maximum atomic E-state index is 13.3. The molecule has 1 aliphatic rings. The third-order valence-electron chi connectivity index (χ3n) is 5.95. The van der Waals surface area contributed by atoms with Gasteiger partial charge in [0.25, 0.3) is 5.91 Å². The highest BCUT2D eigenvalue weighted by molar-refractivity contribution is 6.34. The van der Waals surface area contributed by atoms with Crippen molar-refractivity contribution in [2.75, 3.05) is 11.9 Å². The number of nitrogens with zero attached hydrogens (tertiary/aromatic N) is 2. The lowest BCUT2D eigenvalue weighted by molar-refractivity contribution is 0.00196. The minimum Gasteiger partial charge on any atom is -0.474 e. The van der Waals surface area contributed by atoms with Crippen molar-refractivity contribution in [2.24, 2.45) is 0 Å². The molecule has 0 aliphatic carbocycles. The first-order valence-electron chi connectivity index (χ1n) is 11.0. The van der Waals surface area contributed by atoms with Crippen LogP contribution in [0.25, 0.3) is 0 Å². The van der Waals surface area contributed by atoms with Crippen molar-refractivity contribution in [2.45, 2.75) is 44.9 Å². The number of piperidine rings is 1. The summed E-state index contributed by atoms with van der Waals surface area (Å²) >= 11 is 5.99. The lowest BCUT2D eigenvalue weighted by atomic mass is 9.88. The predicted molar refractivity (Wildman–Crippen MR) is 128 cm³/mol. The monoisotopic (exact) mass is 467 g/mol. The Morgan fingerprint density at radius 1 is 1.18 bits per heavy atom. The zero-order chi connectivity index (χ0) is 23.4. The first kappa shape index (κ1) is 23.2. The molecule has 33 heavy (non-hydrogen) atoms. The minimum atomic E-state index is -0.497. The second-order valence-corrected chi connectivity index (χ2v) is 9.30. The Balaban J connectivity index is 1.38. The van der Waals surface area contributed by atoms with E-state index in [2.05, 4.69) is 53.3 Å². The molecule has 1 aliphatic heterocycles. The molecule has 2 heterocycles. The van der Waals surface area contributed by atoms with Gasteiger partial charge < -0.3 is 10.1 Å². The number of ether oxygens (including phenoxy) is 1. The van der Waals surface area contributed by atoms with Gasteiger partial charge >= 0.3 is 0 Å². The largest absolute Gasteiger partial charge is 0.474 e. The molecular formula is C26H27ClFN3O2. The quantitative estimate of drug-likeness (QED) is 0.486. The van der Waals surface area contributed by atoms with Crippen LogP contribution in [0.3, 0.4) is 0 Å². The van der Waals surface area contributed by atoms with Crippen molar-refractivity contribution in [1.82, 2.24) is 9.88 Å². The van der Waals surface area contributed by atoms with E-state index in [1.165, 1.54) is 17.7 Å². The minimum absolute atomic E-state index is 0.0239. The number of pyridine rings is 1. The van der Waals surface area contributed by atoms with Gasteiger partial charge in [-0.05, 0) is 50.1 Å². The fourth-order valence-corrected chi connectivity index (χ4v) is 4.42. The van der Waals surface area contributed by atoms with E-state index in [9.17, 15) is 9.18 Å². The highest BCUT2D eigenvalue weighted by Gasteiger charge is 2.35. The molecule has 0 saturated carbocycles. The van der Waals surface area contributed by atoms with E-state index in [-0.39, 0.29) is 22.2 Å². The lowest BCUT2D eigenvalue weighted by Crippen LogP contribution is -2.52. The van der Waals surface area contributed by atoms with Crippen LogP contribution in [0.15, 0.2) is 66.7 Å². The number of carbonyl (C=O) groups is 1. The van der Waals surface area contributed by atoms with Gasteiger partial charge in [0, 0.05) is 31.1 Å². The molecule has 1 aromatic heterocycles. The Bertz CT molecular complexity index is 1120. The van der Waals surface area contributed by atoms with Crippen LogP contribution >= 0.6 is 11.6 Å². The van der Waals surface area contributed by atoms with Crippen LogP contribution in [0, 0.1) is 5.82 Å². The van der Waals surface area contributed by atoms with Gasteiger partial charge in [0.2, 0.25) is 5.88 Å². The number of rotatable bonds is 6. The summed E-state index contributed by atoms with van der Waals surface area (Å²) in [4.78, 5) is 19.4. The summed E-state index contributed by atoms with van der Waals surface area (Å²) in [6, 6.07) is 19.4. The van der Waals surface area contributed by atoms with Crippen molar-refractivity contribution < 1.29 is 13.9 Å². The Morgan fingerprint density at radius 2 is 1.97 bits per heavy atom. The third kappa shape index (κ3) is 5.89. The van der Waals surface area contributed by atoms with Gasteiger partial charge in [-0.1, -0.05) is 48.0 Å². The van der Waals surface area contributed by atoms with E-state index in [0.29, 0.717) is 11.7 Å². The number of amides is 1. The second kappa shape index (κ2) is 9.89. The topological polar surface area (TPSA) is 54.5 Å². The summed E-state index contributed by atoms with van der Waals surface area (Å²) in [5, 5.41) is 2.75. The van der Waals surface area contributed by atoms with E-state index in [1.54, 1.807) is 18.2 Å². The third-order valence-corrected chi connectivity index (χ3v) is 6.26. The summed E-state index contributed by atoms with van der Waals surface area (Å²) in [5.41, 5.74) is 1.46. The smallest absolute Gasteiger partial charge is 0.258 e. The Labute approximate surface area is 198 Å². The van der Waals surface area contributed by atoms with Gasteiger partial charge in [0.1, 0.15) is 17.7 Å². The molecule has 1 fully saturated rings. The van der Waals surface area contributed by atoms with Gasteiger partial charge in [-0.25, -0.2) is 4.39 Å². The van der Waals surface area contributed by atoms with Crippen LogP contribution in [0.4, 0.5) is 10.2 Å². The molecule has 0 spiro atoms. The van der Waals surface area contributed by atoms with Crippen LogP contribution in [-0.2, 0) is 6.54 Å². The first-order chi connectivity index (χ1) is 15.8. The van der Waals surface area contributed by atoms with E-state index >= 15 is 0 Å². The number of anilines is 1. The number of likely N-dealkylation sites (tertiary alicyclic amines) is 1. The Kier molecular flexibility index (Phi) is 6.96. The fraction of sp³-hybridized carbons (Fsp3) is 0.308. The lowest BCUT2D eigenvalue weighted by Gasteiger charge is -2.45. The van der Waals surface area contributed by atoms with Gasteiger partial charge in [0.05, 0.1) is 10.6 Å². The normalized spacial score (nSPS) is 18.0. The van der Waals surface area contributed by atoms with E-state index in [0.717, 1.165) is 32.0 Å². The predicted octanol–water partition coefficient (Wildman–Crippen LogP) is 5.95. The van der Waals surface area contributed by atoms with Crippen LogP contribution in [0.1, 0.15) is 42.6 Å². The van der Waals surface area contributed by atoms with E-state index in [4.69, 9.17) is 16.3 Å². The fourth-order valence-electron chi connectivity index (χ4n) is 4.17. The molecule has 0 radical (unpaired) electrons. The zero-order valence-electron chi connectivity index (χ0n) is 18.7. The number of hydrogen-bond donors (Lipinski definition) is 1. The Morgan fingerprint density at radius 3 is 2.70 bits per heavy atom. The SMILES string of the molecule is CC1(C)CC(Oc2cccc(NC(=O)c3ccc(F)cc3Cl)n2)CCN1Cc1ccccc1. The van der Waals surface area contributed by atoms with Crippen LogP contribution in [0.5, 0.6) is 5.88 Å². The van der Waals surface area contributed by atoms with Gasteiger partial charge in [0.15, 0.2) is 0 Å². The summed E-state index contributed by atoms with van der Waals surface area (Å²) in [7, 11) is 0. The van der Waals surface area contributed by atoms with Crippen molar-refractivity contribution in [1.29, 1.82) is 0 Å².